The molecule has 1 fully saturated rings. The Hall–Kier alpha value is -1.33. The van der Waals surface area contributed by atoms with Crippen LogP contribution in [0.2, 0.25) is 0 Å². The lowest BCUT2D eigenvalue weighted by molar-refractivity contribution is 0.736. The van der Waals surface area contributed by atoms with Crippen LogP contribution in [0.25, 0.3) is 0 Å². The molecule has 0 atom stereocenters. The minimum atomic E-state index is 0.726. The molecule has 2 aromatic rings. The van der Waals surface area contributed by atoms with Gasteiger partial charge in [-0.25, -0.2) is 4.09 Å². The third kappa shape index (κ3) is 1.93. The number of aromatic nitrogens is 3. The Balaban J connectivity index is 1.52. The number of hydrogen-bond donors (Lipinski definition) is 1. The summed E-state index contributed by atoms with van der Waals surface area (Å²) in [6.45, 7) is 1.83. The van der Waals surface area contributed by atoms with Crippen molar-refractivity contribution in [2.45, 2.75) is 36.7 Å². The van der Waals surface area contributed by atoms with Crippen molar-refractivity contribution in [1.29, 1.82) is 0 Å². The van der Waals surface area contributed by atoms with Crippen molar-refractivity contribution in [2.75, 3.05) is 0 Å². The van der Waals surface area contributed by atoms with Crippen LogP contribution in [0.1, 0.15) is 35.7 Å². The highest BCUT2D eigenvalue weighted by Crippen LogP contribution is 2.39. The molecule has 0 aromatic carbocycles. The van der Waals surface area contributed by atoms with Gasteiger partial charge in [0.2, 0.25) is 0 Å². The minimum Gasteiger partial charge on any atom is -0.307 e. The van der Waals surface area contributed by atoms with E-state index in [4.69, 9.17) is 0 Å². The molecule has 1 N–H and O–H groups in total. The topological polar surface area (TPSA) is 42.7 Å². The van der Waals surface area contributed by atoms with Crippen LogP contribution in [0.5, 0.6) is 0 Å². The maximum Gasteiger partial charge on any atom is 0.0818 e. The van der Waals surface area contributed by atoms with Gasteiger partial charge >= 0.3 is 0 Å². The molecular formula is C13H14N4S. The molecule has 4 rings (SSSR count). The van der Waals surface area contributed by atoms with Gasteiger partial charge in [0.15, 0.2) is 0 Å². The van der Waals surface area contributed by atoms with Gasteiger partial charge in [-0.1, -0.05) is 0 Å². The summed E-state index contributed by atoms with van der Waals surface area (Å²) in [4.78, 5) is 5.67. The Morgan fingerprint density at radius 3 is 2.94 bits per heavy atom. The number of fused-ring (bicyclic) bond motifs is 1. The smallest absolute Gasteiger partial charge is 0.0818 e. The van der Waals surface area contributed by atoms with Crippen LogP contribution in [0, 0.1) is 0 Å². The van der Waals surface area contributed by atoms with E-state index in [1.165, 1.54) is 29.8 Å². The SMILES string of the molecule is c1cc(C2CC2)ncc1Sn1cc2c(n1)CNC2. The highest BCUT2D eigenvalue weighted by molar-refractivity contribution is 7.97. The fourth-order valence-electron chi connectivity index (χ4n) is 2.25. The van der Waals surface area contributed by atoms with Crippen molar-refractivity contribution in [3.63, 3.8) is 0 Å². The monoisotopic (exact) mass is 258 g/mol. The van der Waals surface area contributed by atoms with Gasteiger partial charge in [-0.05, 0) is 25.0 Å². The zero-order valence-electron chi connectivity index (χ0n) is 9.97. The van der Waals surface area contributed by atoms with Gasteiger partial charge in [-0.15, -0.1) is 0 Å². The summed E-state index contributed by atoms with van der Waals surface area (Å²) < 4.78 is 1.94. The second kappa shape index (κ2) is 4.10. The van der Waals surface area contributed by atoms with Gasteiger partial charge in [-0.2, -0.15) is 5.10 Å². The maximum absolute atomic E-state index is 4.55. The van der Waals surface area contributed by atoms with Gasteiger partial charge in [-0.3, -0.25) is 4.98 Å². The van der Waals surface area contributed by atoms with Crippen molar-refractivity contribution < 1.29 is 0 Å². The van der Waals surface area contributed by atoms with Gasteiger partial charge < -0.3 is 5.32 Å². The average Bonchev–Trinajstić information content (AvgIpc) is 3.02. The molecular weight excluding hydrogens is 244 g/mol. The summed E-state index contributed by atoms with van der Waals surface area (Å²) in [5.41, 5.74) is 3.72. The number of rotatable bonds is 3. The number of hydrogen-bond acceptors (Lipinski definition) is 4. The molecule has 1 aliphatic heterocycles. The second-order valence-corrected chi connectivity index (χ2v) is 5.92. The lowest BCUT2D eigenvalue weighted by Gasteiger charge is -2.02. The first kappa shape index (κ1) is 10.6. The molecule has 0 unspecified atom stereocenters. The molecule has 18 heavy (non-hydrogen) atoms. The molecule has 2 aliphatic rings. The van der Waals surface area contributed by atoms with E-state index in [0.29, 0.717) is 0 Å². The lowest BCUT2D eigenvalue weighted by atomic mass is 10.2. The van der Waals surface area contributed by atoms with E-state index in [1.54, 1.807) is 11.9 Å². The molecule has 5 heteroatoms. The highest BCUT2D eigenvalue weighted by Gasteiger charge is 2.24. The first-order chi connectivity index (χ1) is 8.88. The Bertz CT molecular complexity index is 550. The van der Waals surface area contributed by atoms with Crippen LogP contribution >= 0.6 is 11.9 Å². The van der Waals surface area contributed by atoms with E-state index in [2.05, 4.69) is 33.7 Å². The van der Waals surface area contributed by atoms with Crippen LogP contribution < -0.4 is 5.32 Å². The highest BCUT2D eigenvalue weighted by atomic mass is 32.2. The van der Waals surface area contributed by atoms with Crippen LogP contribution in [-0.2, 0) is 13.1 Å². The quantitative estimate of drug-likeness (QED) is 0.917. The zero-order valence-corrected chi connectivity index (χ0v) is 10.8. The molecule has 3 heterocycles. The molecule has 0 spiro atoms. The standard InChI is InChI=1S/C13H14N4S/c1-2-9(1)12-4-3-11(6-15-12)18-17-8-10-5-14-7-13(10)16-17/h3-4,6,8-9,14H,1-2,5,7H2. The second-order valence-electron chi connectivity index (χ2n) is 4.89. The molecule has 0 bridgehead atoms. The first-order valence-corrected chi connectivity index (χ1v) is 7.08. The molecule has 1 saturated carbocycles. The van der Waals surface area contributed by atoms with E-state index >= 15 is 0 Å². The third-order valence-electron chi connectivity index (χ3n) is 3.42. The van der Waals surface area contributed by atoms with E-state index in [0.717, 1.165) is 23.9 Å². The molecule has 92 valence electrons. The largest absolute Gasteiger partial charge is 0.307 e. The minimum absolute atomic E-state index is 0.726. The van der Waals surface area contributed by atoms with Crippen molar-refractivity contribution in [1.82, 2.24) is 19.5 Å². The van der Waals surface area contributed by atoms with Crippen molar-refractivity contribution in [2.24, 2.45) is 0 Å². The molecule has 0 radical (unpaired) electrons. The molecule has 0 amide bonds. The van der Waals surface area contributed by atoms with Gasteiger partial charge in [0.1, 0.15) is 0 Å². The van der Waals surface area contributed by atoms with Crippen LogP contribution in [0.4, 0.5) is 0 Å². The van der Waals surface area contributed by atoms with Gasteiger partial charge in [0.05, 0.1) is 5.69 Å². The van der Waals surface area contributed by atoms with Crippen LogP contribution in [0.3, 0.4) is 0 Å². The Morgan fingerprint density at radius 2 is 2.22 bits per heavy atom. The fourth-order valence-corrected chi connectivity index (χ4v) is 3.02. The lowest BCUT2D eigenvalue weighted by Crippen LogP contribution is -2.03. The summed E-state index contributed by atoms with van der Waals surface area (Å²) in [6.07, 6.45) is 6.68. The molecule has 1 aliphatic carbocycles. The van der Waals surface area contributed by atoms with E-state index in [-0.39, 0.29) is 0 Å². The normalized spacial score (nSPS) is 18.0. The van der Waals surface area contributed by atoms with E-state index in [9.17, 15) is 0 Å². The Kier molecular flexibility index (Phi) is 2.41. The van der Waals surface area contributed by atoms with Crippen LogP contribution in [-0.4, -0.2) is 14.2 Å². The van der Waals surface area contributed by atoms with E-state index < -0.39 is 0 Å². The third-order valence-corrected chi connectivity index (χ3v) is 4.24. The van der Waals surface area contributed by atoms with Gasteiger partial charge in [0, 0.05) is 59.5 Å². The summed E-state index contributed by atoms with van der Waals surface area (Å²) in [6, 6.07) is 4.30. The Morgan fingerprint density at radius 1 is 1.28 bits per heavy atom. The number of nitrogens with zero attached hydrogens (tertiary/aromatic N) is 3. The molecule has 0 saturated heterocycles. The van der Waals surface area contributed by atoms with Crippen LogP contribution in [0.15, 0.2) is 29.4 Å². The van der Waals surface area contributed by atoms with Gasteiger partial charge in [0.25, 0.3) is 0 Å². The number of pyridine rings is 1. The predicted molar refractivity (Wildman–Crippen MR) is 70.2 cm³/mol. The van der Waals surface area contributed by atoms with Crippen molar-refractivity contribution >= 4 is 11.9 Å². The molecule has 4 nitrogen and oxygen atoms in total. The number of nitrogens with one attached hydrogen (secondary N) is 1. The fraction of sp³-hybridized carbons (Fsp3) is 0.385. The van der Waals surface area contributed by atoms with Crippen molar-refractivity contribution in [3.05, 3.63) is 41.5 Å². The summed E-state index contributed by atoms with van der Waals surface area (Å²) in [5.74, 6) is 0.726. The first-order valence-electron chi connectivity index (χ1n) is 6.31. The zero-order chi connectivity index (χ0) is 11.9. The predicted octanol–water partition coefficient (Wildman–Crippen LogP) is 2.31. The molecule has 2 aromatic heterocycles. The Labute approximate surface area is 110 Å². The summed E-state index contributed by atoms with van der Waals surface area (Å²) in [5, 5.41) is 7.83. The van der Waals surface area contributed by atoms with E-state index in [1.807, 2.05) is 10.3 Å². The summed E-state index contributed by atoms with van der Waals surface area (Å²) >= 11 is 1.63. The average molecular weight is 258 g/mol. The van der Waals surface area contributed by atoms with Crippen molar-refractivity contribution in [3.8, 4) is 0 Å². The maximum atomic E-state index is 4.55. The summed E-state index contributed by atoms with van der Waals surface area (Å²) in [7, 11) is 0.